The molecule has 2 aromatic rings. The van der Waals surface area contributed by atoms with Crippen LogP contribution in [0.15, 0.2) is 18.2 Å². The first-order chi connectivity index (χ1) is 10.1. The highest BCUT2D eigenvalue weighted by molar-refractivity contribution is 6.30. The largest absolute Gasteiger partial charge is 0.341 e. The van der Waals surface area contributed by atoms with E-state index in [1.165, 1.54) is 18.6 Å². The van der Waals surface area contributed by atoms with Gasteiger partial charge in [0.05, 0.1) is 0 Å². The number of nitrogens with zero attached hydrogens (tertiary/aromatic N) is 4. The summed E-state index contributed by atoms with van der Waals surface area (Å²) in [5.74, 6) is 0.426. The molecule has 0 N–H and O–H groups in total. The second kappa shape index (κ2) is 6.12. The Hall–Kier alpha value is -1.46. The van der Waals surface area contributed by atoms with Gasteiger partial charge in [-0.2, -0.15) is 15.0 Å². The first kappa shape index (κ1) is 14.5. The van der Waals surface area contributed by atoms with Crippen molar-refractivity contribution in [3.05, 3.63) is 34.3 Å². The van der Waals surface area contributed by atoms with Gasteiger partial charge >= 0.3 is 0 Å². The van der Waals surface area contributed by atoms with Gasteiger partial charge in [-0.15, -0.1) is 0 Å². The van der Waals surface area contributed by atoms with E-state index in [2.05, 4.69) is 19.9 Å². The molecule has 0 aliphatic carbocycles. The lowest BCUT2D eigenvalue weighted by molar-refractivity contribution is 0.567. The van der Waals surface area contributed by atoms with Gasteiger partial charge < -0.3 is 4.90 Å². The summed E-state index contributed by atoms with van der Waals surface area (Å²) in [6.45, 7) is 1.79. The molecular weight excluding hydrogens is 314 g/mol. The van der Waals surface area contributed by atoms with Crippen LogP contribution in [-0.4, -0.2) is 28.0 Å². The fraction of sp³-hybridized carbons (Fsp3) is 0.357. The number of hydrogen-bond donors (Lipinski definition) is 0. The van der Waals surface area contributed by atoms with Crippen LogP contribution in [0.3, 0.4) is 0 Å². The van der Waals surface area contributed by atoms with Crippen LogP contribution in [-0.2, 0) is 0 Å². The molecule has 0 saturated carbocycles. The summed E-state index contributed by atoms with van der Waals surface area (Å²) in [5.41, 5.74) is 0.488. The first-order valence-corrected chi connectivity index (χ1v) is 7.50. The molecule has 1 fully saturated rings. The highest BCUT2D eigenvalue weighted by Gasteiger charge is 2.16. The van der Waals surface area contributed by atoms with Gasteiger partial charge in [-0.25, -0.2) is 4.39 Å². The minimum Gasteiger partial charge on any atom is -0.341 e. The maximum Gasteiger partial charge on any atom is 0.230 e. The third-order valence-corrected chi connectivity index (χ3v) is 3.74. The smallest absolute Gasteiger partial charge is 0.230 e. The summed E-state index contributed by atoms with van der Waals surface area (Å²) in [7, 11) is 0. The highest BCUT2D eigenvalue weighted by Crippen LogP contribution is 2.25. The second-order valence-electron chi connectivity index (χ2n) is 4.93. The van der Waals surface area contributed by atoms with E-state index >= 15 is 0 Å². The third-order valence-electron chi connectivity index (χ3n) is 3.36. The summed E-state index contributed by atoms with van der Waals surface area (Å²) in [4.78, 5) is 14.7. The SMILES string of the molecule is Fc1cc(Cl)cc(-c2nc(Cl)nc(N3CCCCC3)n2)c1. The van der Waals surface area contributed by atoms with Crippen molar-refractivity contribution in [3.63, 3.8) is 0 Å². The van der Waals surface area contributed by atoms with E-state index in [4.69, 9.17) is 23.2 Å². The molecule has 21 heavy (non-hydrogen) atoms. The van der Waals surface area contributed by atoms with E-state index in [0.29, 0.717) is 22.4 Å². The molecule has 1 aromatic carbocycles. The zero-order valence-electron chi connectivity index (χ0n) is 11.2. The van der Waals surface area contributed by atoms with Gasteiger partial charge in [-0.05, 0) is 49.1 Å². The minimum absolute atomic E-state index is 0.0981. The Labute approximate surface area is 131 Å². The normalized spacial score (nSPS) is 15.3. The Morgan fingerprint density at radius 1 is 0.952 bits per heavy atom. The van der Waals surface area contributed by atoms with Gasteiger partial charge in [0.2, 0.25) is 11.2 Å². The maximum absolute atomic E-state index is 13.5. The Morgan fingerprint density at radius 3 is 2.43 bits per heavy atom. The summed E-state index contributed by atoms with van der Waals surface area (Å²) in [6, 6.07) is 4.17. The molecule has 0 radical (unpaired) electrons. The number of rotatable bonds is 2. The average molecular weight is 327 g/mol. The lowest BCUT2D eigenvalue weighted by Gasteiger charge is -2.26. The summed E-state index contributed by atoms with van der Waals surface area (Å²) >= 11 is 11.9. The number of aromatic nitrogens is 3. The number of halogens is 3. The van der Waals surface area contributed by atoms with E-state index in [9.17, 15) is 4.39 Å². The molecule has 0 unspecified atom stereocenters. The van der Waals surface area contributed by atoms with Crippen molar-refractivity contribution in [3.8, 4) is 11.4 Å². The number of piperidine rings is 1. The van der Waals surface area contributed by atoms with Crippen molar-refractivity contribution < 1.29 is 4.39 Å². The Kier molecular flexibility index (Phi) is 4.22. The van der Waals surface area contributed by atoms with Crippen molar-refractivity contribution in [1.29, 1.82) is 0 Å². The van der Waals surface area contributed by atoms with Crippen LogP contribution in [0, 0.1) is 5.82 Å². The van der Waals surface area contributed by atoms with Crippen LogP contribution in [0.4, 0.5) is 10.3 Å². The minimum atomic E-state index is -0.437. The van der Waals surface area contributed by atoms with Gasteiger partial charge in [0.15, 0.2) is 5.82 Å². The molecule has 2 heterocycles. The van der Waals surface area contributed by atoms with Crippen LogP contribution >= 0.6 is 23.2 Å². The second-order valence-corrected chi connectivity index (χ2v) is 5.71. The fourth-order valence-electron chi connectivity index (χ4n) is 2.39. The molecule has 0 amide bonds. The first-order valence-electron chi connectivity index (χ1n) is 6.75. The summed E-state index contributed by atoms with van der Waals surface area (Å²) < 4.78 is 13.5. The lowest BCUT2D eigenvalue weighted by atomic mass is 10.1. The maximum atomic E-state index is 13.5. The van der Waals surface area contributed by atoms with Crippen molar-refractivity contribution in [2.45, 2.75) is 19.3 Å². The molecule has 4 nitrogen and oxygen atoms in total. The fourth-order valence-corrected chi connectivity index (χ4v) is 2.76. The molecule has 0 spiro atoms. The van der Waals surface area contributed by atoms with Crippen LogP contribution in [0.25, 0.3) is 11.4 Å². The van der Waals surface area contributed by atoms with Gasteiger partial charge in [-0.3, -0.25) is 0 Å². The standard InChI is InChI=1S/C14H13Cl2FN4/c15-10-6-9(7-11(17)8-10)12-18-13(16)20-14(19-12)21-4-2-1-3-5-21/h6-8H,1-5H2. The topological polar surface area (TPSA) is 41.9 Å². The zero-order valence-corrected chi connectivity index (χ0v) is 12.7. The molecule has 1 saturated heterocycles. The van der Waals surface area contributed by atoms with Gasteiger partial charge in [-0.1, -0.05) is 11.6 Å². The van der Waals surface area contributed by atoms with Crippen molar-refractivity contribution in [1.82, 2.24) is 15.0 Å². The predicted octanol–water partition coefficient (Wildman–Crippen LogP) is 3.97. The zero-order chi connectivity index (χ0) is 14.8. The molecule has 3 rings (SSSR count). The summed E-state index contributed by atoms with van der Waals surface area (Å²) in [5, 5.41) is 0.391. The van der Waals surface area contributed by atoms with Crippen molar-refractivity contribution >= 4 is 29.2 Å². The van der Waals surface area contributed by atoms with E-state index < -0.39 is 5.82 Å². The van der Waals surface area contributed by atoms with Crippen molar-refractivity contribution in [2.75, 3.05) is 18.0 Å². The number of hydrogen-bond acceptors (Lipinski definition) is 4. The van der Waals surface area contributed by atoms with Crippen LogP contribution < -0.4 is 4.90 Å². The van der Waals surface area contributed by atoms with E-state index in [1.807, 2.05) is 0 Å². The molecule has 7 heteroatoms. The lowest BCUT2D eigenvalue weighted by Crippen LogP contribution is -2.31. The molecule has 0 bridgehead atoms. The van der Waals surface area contributed by atoms with Gasteiger partial charge in [0.25, 0.3) is 0 Å². The Bertz CT molecular complexity index is 639. The monoisotopic (exact) mass is 326 g/mol. The Morgan fingerprint density at radius 2 is 1.71 bits per heavy atom. The Balaban J connectivity index is 2.00. The summed E-state index contributed by atoms with van der Waals surface area (Å²) in [6.07, 6.45) is 3.41. The quantitative estimate of drug-likeness (QED) is 0.837. The van der Waals surface area contributed by atoms with Gasteiger partial charge in [0.1, 0.15) is 5.82 Å². The molecule has 110 valence electrons. The van der Waals surface area contributed by atoms with E-state index in [-0.39, 0.29) is 5.28 Å². The number of anilines is 1. The molecule has 1 aliphatic heterocycles. The van der Waals surface area contributed by atoms with Crippen LogP contribution in [0.1, 0.15) is 19.3 Å². The molecule has 0 atom stereocenters. The van der Waals surface area contributed by atoms with Crippen LogP contribution in [0.2, 0.25) is 10.3 Å². The van der Waals surface area contributed by atoms with Gasteiger partial charge in [0, 0.05) is 23.7 Å². The van der Waals surface area contributed by atoms with E-state index in [0.717, 1.165) is 25.9 Å². The number of benzene rings is 1. The molecular formula is C14H13Cl2FN4. The predicted molar refractivity (Wildman–Crippen MR) is 81.3 cm³/mol. The van der Waals surface area contributed by atoms with Crippen LogP contribution in [0.5, 0.6) is 0 Å². The highest BCUT2D eigenvalue weighted by atomic mass is 35.5. The van der Waals surface area contributed by atoms with E-state index in [1.54, 1.807) is 6.07 Å². The third kappa shape index (κ3) is 3.41. The average Bonchev–Trinajstić information content (AvgIpc) is 2.46. The van der Waals surface area contributed by atoms with Crippen molar-refractivity contribution in [2.24, 2.45) is 0 Å². The molecule has 1 aliphatic rings. The molecule has 1 aromatic heterocycles.